The van der Waals surface area contributed by atoms with Gasteiger partial charge in [0.05, 0.1) is 12.9 Å². The Balaban J connectivity index is 1.70. The largest absolute Gasteiger partial charge is 0.508 e. The van der Waals surface area contributed by atoms with Gasteiger partial charge in [-0.15, -0.1) is 0 Å². The zero-order chi connectivity index (χ0) is 11.2. The summed E-state index contributed by atoms with van der Waals surface area (Å²) in [5.74, 6) is 1.04. The fraction of sp³-hybridized carbons (Fsp3) is 0.250. The topological polar surface area (TPSA) is 47.3 Å². The number of benzene rings is 1. The number of aromatic hydroxyl groups is 1. The monoisotopic (exact) mass is 218 g/mol. The first-order valence-corrected chi connectivity index (χ1v) is 5.22. The fourth-order valence-electron chi connectivity index (χ4n) is 1.40. The van der Waals surface area contributed by atoms with Crippen LogP contribution in [0.4, 0.5) is 0 Å². The van der Waals surface area contributed by atoms with Crippen molar-refractivity contribution in [3.63, 3.8) is 0 Å². The summed E-state index contributed by atoms with van der Waals surface area (Å²) in [5.41, 5.74) is 0. The Kier molecular flexibility index (Phi) is 3.43. The molecule has 16 heavy (non-hydrogen) atoms. The van der Waals surface area contributed by atoms with Gasteiger partial charge < -0.3 is 14.4 Å². The molecule has 0 fully saturated rings. The van der Waals surface area contributed by atoms with Crippen LogP contribution >= 0.6 is 0 Å². The first kappa shape index (κ1) is 10.5. The van der Waals surface area contributed by atoms with Crippen molar-refractivity contribution in [2.45, 2.75) is 13.0 Å². The predicted molar refractivity (Wildman–Crippen MR) is 60.4 cm³/mol. The molecule has 0 aliphatic rings. The molecular formula is C12H14N2O2. The van der Waals surface area contributed by atoms with E-state index in [1.807, 2.05) is 10.8 Å². The molecule has 0 aliphatic carbocycles. The summed E-state index contributed by atoms with van der Waals surface area (Å²) in [6, 6.07) is 6.75. The number of phenolic OH excluding ortho intramolecular Hbond substituents is 1. The molecule has 0 bridgehead atoms. The molecule has 0 unspecified atom stereocenters. The number of aryl methyl sites for hydroxylation is 1. The van der Waals surface area contributed by atoms with Crippen molar-refractivity contribution in [2.75, 3.05) is 6.61 Å². The lowest BCUT2D eigenvalue weighted by molar-refractivity contribution is 0.301. The van der Waals surface area contributed by atoms with Gasteiger partial charge in [0.1, 0.15) is 11.5 Å². The van der Waals surface area contributed by atoms with Crippen molar-refractivity contribution >= 4 is 0 Å². The predicted octanol–water partition coefficient (Wildman–Crippen LogP) is 2.06. The summed E-state index contributed by atoms with van der Waals surface area (Å²) in [4.78, 5) is 3.96. The lowest BCUT2D eigenvalue weighted by Crippen LogP contribution is -2.02. The third-order valence-electron chi connectivity index (χ3n) is 2.23. The Hall–Kier alpha value is -1.97. The minimum atomic E-state index is 0.255. The number of ether oxygens (including phenoxy) is 1. The number of nitrogens with zero attached hydrogens (tertiary/aromatic N) is 2. The Labute approximate surface area is 94.1 Å². The average Bonchev–Trinajstić information content (AvgIpc) is 2.80. The second-order valence-corrected chi connectivity index (χ2v) is 3.50. The summed E-state index contributed by atoms with van der Waals surface area (Å²) < 4.78 is 7.53. The van der Waals surface area contributed by atoms with Crippen LogP contribution in [0.2, 0.25) is 0 Å². The number of hydrogen-bond acceptors (Lipinski definition) is 3. The molecule has 1 aromatic carbocycles. The second kappa shape index (κ2) is 5.21. The van der Waals surface area contributed by atoms with Crippen LogP contribution in [-0.2, 0) is 6.54 Å². The van der Waals surface area contributed by atoms with Crippen LogP contribution in [0.15, 0.2) is 43.0 Å². The smallest absolute Gasteiger partial charge is 0.119 e. The third kappa shape index (κ3) is 3.02. The fourth-order valence-corrected chi connectivity index (χ4v) is 1.40. The van der Waals surface area contributed by atoms with Crippen LogP contribution in [0, 0.1) is 0 Å². The Morgan fingerprint density at radius 3 is 2.75 bits per heavy atom. The molecule has 0 atom stereocenters. The van der Waals surface area contributed by atoms with Crippen molar-refractivity contribution in [3.8, 4) is 11.5 Å². The molecule has 0 saturated carbocycles. The number of imidazole rings is 1. The van der Waals surface area contributed by atoms with Crippen molar-refractivity contribution < 1.29 is 9.84 Å². The van der Waals surface area contributed by atoms with Crippen LogP contribution in [0.3, 0.4) is 0 Å². The highest BCUT2D eigenvalue weighted by molar-refractivity contribution is 5.29. The molecule has 0 aliphatic heterocycles. The zero-order valence-electron chi connectivity index (χ0n) is 8.91. The number of phenols is 1. The normalized spacial score (nSPS) is 10.2. The van der Waals surface area contributed by atoms with E-state index in [0.29, 0.717) is 6.61 Å². The summed E-state index contributed by atoms with van der Waals surface area (Å²) in [7, 11) is 0. The lowest BCUT2D eigenvalue weighted by atomic mass is 10.3. The van der Waals surface area contributed by atoms with Crippen molar-refractivity contribution in [1.82, 2.24) is 9.55 Å². The molecule has 1 aromatic heterocycles. The van der Waals surface area contributed by atoms with Crippen molar-refractivity contribution in [2.24, 2.45) is 0 Å². The van der Waals surface area contributed by atoms with E-state index in [9.17, 15) is 0 Å². The molecule has 0 saturated heterocycles. The molecule has 84 valence electrons. The van der Waals surface area contributed by atoms with Crippen LogP contribution < -0.4 is 4.74 Å². The van der Waals surface area contributed by atoms with Crippen molar-refractivity contribution in [3.05, 3.63) is 43.0 Å². The number of rotatable bonds is 5. The first-order chi connectivity index (χ1) is 7.84. The van der Waals surface area contributed by atoms with E-state index in [1.54, 1.807) is 36.8 Å². The zero-order valence-corrected chi connectivity index (χ0v) is 8.91. The SMILES string of the molecule is Oc1ccc(OCCCn2ccnc2)cc1. The van der Waals surface area contributed by atoms with Gasteiger partial charge in [0.2, 0.25) is 0 Å². The summed E-state index contributed by atoms with van der Waals surface area (Å²) in [6.45, 7) is 1.56. The third-order valence-corrected chi connectivity index (χ3v) is 2.23. The lowest BCUT2D eigenvalue weighted by Gasteiger charge is -2.06. The molecule has 2 rings (SSSR count). The van der Waals surface area contributed by atoms with Crippen molar-refractivity contribution in [1.29, 1.82) is 0 Å². The van der Waals surface area contributed by atoms with Gasteiger partial charge >= 0.3 is 0 Å². The standard InChI is InChI=1S/C12H14N2O2/c15-11-2-4-12(5-3-11)16-9-1-7-14-8-6-13-10-14/h2-6,8,10,15H,1,7,9H2. The van der Waals surface area contributed by atoms with Gasteiger partial charge in [-0.1, -0.05) is 0 Å². The van der Waals surface area contributed by atoms with Gasteiger partial charge in [-0.2, -0.15) is 0 Å². The number of aromatic nitrogens is 2. The summed E-state index contributed by atoms with van der Waals surface area (Å²) >= 11 is 0. The molecule has 4 nitrogen and oxygen atoms in total. The quantitative estimate of drug-likeness (QED) is 0.781. The minimum Gasteiger partial charge on any atom is -0.508 e. The summed E-state index contributed by atoms with van der Waals surface area (Å²) in [5, 5.41) is 9.09. The van der Waals surface area contributed by atoms with Gasteiger partial charge in [0.25, 0.3) is 0 Å². The molecule has 0 spiro atoms. The molecule has 0 radical (unpaired) electrons. The van der Waals surface area contributed by atoms with Gasteiger partial charge in [-0.25, -0.2) is 4.98 Å². The van der Waals surface area contributed by atoms with E-state index in [-0.39, 0.29) is 5.75 Å². The maximum Gasteiger partial charge on any atom is 0.119 e. The maximum atomic E-state index is 9.09. The number of hydrogen-bond donors (Lipinski definition) is 1. The minimum absolute atomic E-state index is 0.255. The molecular weight excluding hydrogens is 204 g/mol. The molecule has 4 heteroatoms. The Bertz CT molecular complexity index is 409. The van der Waals surface area contributed by atoms with Gasteiger partial charge in [-0.3, -0.25) is 0 Å². The molecule has 2 aromatic rings. The van der Waals surface area contributed by atoms with E-state index in [4.69, 9.17) is 9.84 Å². The van der Waals surface area contributed by atoms with E-state index < -0.39 is 0 Å². The molecule has 0 amide bonds. The molecule has 1 N–H and O–H groups in total. The Morgan fingerprint density at radius 2 is 2.06 bits per heavy atom. The van der Waals surface area contributed by atoms with E-state index >= 15 is 0 Å². The highest BCUT2D eigenvalue weighted by Gasteiger charge is 1.94. The van der Waals surface area contributed by atoms with E-state index in [2.05, 4.69) is 4.98 Å². The Morgan fingerprint density at radius 1 is 1.25 bits per heavy atom. The maximum absolute atomic E-state index is 9.09. The van der Waals surface area contributed by atoms with Crippen LogP contribution in [0.5, 0.6) is 11.5 Å². The molecule has 1 heterocycles. The van der Waals surface area contributed by atoms with Gasteiger partial charge in [0, 0.05) is 18.9 Å². The van der Waals surface area contributed by atoms with Gasteiger partial charge in [-0.05, 0) is 30.7 Å². The van der Waals surface area contributed by atoms with E-state index in [0.717, 1.165) is 18.7 Å². The van der Waals surface area contributed by atoms with E-state index in [1.165, 1.54) is 0 Å². The average molecular weight is 218 g/mol. The second-order valence-electron chi connectivity index (χ2n) is 3.50. The van der Waals surface area contributed by atoms with Crippen LogP contribution in [0.25, 0.3) is 0 Å². The first-order valence-electron chi connectivity index (χ1n) is 5.22. The highest BCUT2D eigenvalue weighted by atomic mass is 16.5. The highest BCUT2D eigenvalue weighted by Crippen LogP contribution is 2.15. The van der Waals surface area contributed by atoms with Crippen LogP contribution in [-0.4, -0.2) is 21.3 Å². The summed E-state index contributed by atoms with van der Waals surface area (Å²) in [6.07, 6.45) is 6.42. The van der Waals surface area contributed by atoms with Gasteiger partial charge in [0.15, 0.2) is 0 Å². The van der Waals surface area contributed by atoms with Crippen LogP contribution in [0.1, 0.15) is 6.42 Å².